The lowest BCUT2D eigenvalue weighted by Gasteiger charge is -2.22. The lowest BCUT2D eigenvalue weighted by molar-refractivity contribution is -0.128. The molecule has 0 aromatic carbocycles. The second-order valence-electron chi connectivity index (χ2n) is 4.04. The van der Waals surface area contributed by atoms with Gasteiger partial charge in [-0.1, -0.05) is 0 Å². The molecule has 1 aromatic heterocycles. The molecular weight excluding hydrogens is 272 g/mol. The number of aromatic nitrogens is 2. The van der Waals surface area contributed by atoms with Crippen molar-refractivity contribution in [3.63, 3.8) is 0 Å². The first-order valence-electron chi connectivity index (χ1n) is 5.57. The van der Waals surface area contributed by atoms with Gasteiger partial charge in [-0.15, -0.1) is 0 Å². The van der Waals surface area contributed by atoms with Gasteiger partial charge in [-0.25, -0.2) is 13.4 Å². The number of ether oxygens (including phenoxy) is 1. The van der Waals surface area contributed by atoms with Gasteiger partial charge in [0, 0.05) is 27.7 Å². The molecule has 1 amide bonds. The van der Waals surface area contributed by atoms with Crippen LogP contribution < -0.4 is 0 Å². The van der Waals surface area contributed by atoms with E-state index < -0.39 is 10.0 Å². The first-order valence-corrected chi connectivity index (χ1v) is 7.01. The molecule has 0 radical (unpaired) electrons. The predicted molar refractivity (Wildman–Crippen MR) is 67.9 cm³/mol. The van der Waals surface area contributed by atoms with Crippen LogP contribution in [0.1, 0.15) is 0 Å². The number of H-pyrrole nitrogens is 1. The highest BCUT2D eigenvalue weighted by Gasteiger charge is 2.27. The summed E-state index contributed by atoms with van der Waals surface area (Å²) in [7, 11) is 0.834. The SMILES string of the molecule is COCCN(CC(=O)N(C)C)S(=O)(=O)c1cnc[nH]1. The van der Waals surface area contributed by atoms with Crippen LogP contribution in [0.15, 0.2) is 17.6 Å². The number of methoxy groups -OCH3 is 1. The molecule has 108 valence electrons. The first kappa shape index (κ1) is 15.6. The van der Waals surface area contributed by atoms with Crippen molar-refractivity contribution in [1.29, 1.82) is 0 Å². The van der Waals surface area contributed by atoms with Gasteiger partial charge in [-0.2, -0.15) is 4.31 Å². The number of nitrogens with zero attached hydrogens (tertiary/aromatic N) is 3. The Morgan fingerprint density at radius 3 is 2.63 bits per heavy atom. The first-order chi connectivity index (χ1) is 8.89. The van der Waals surface area contributed by atoms with Gasteiger partial charge in [0.1, 0.15) is 0 Å². The van der Waals surface area contributed by atoms with Crippen LogP contribution >= 0.6 is 0 Å². The molecule has 0 aliphatic carbocycles. The second-order valence-corrected chi connectivity index (χ2v) is 5.94. The van der Waals surface area contributed by atoms with Gasteiger partial charge in [0.15, 0.2) is 5.03 Å². The molecule has 1 N–H and O–H groups in total. The zero-order valence-corrected chi connectivity index (χ0v) is 12.0. The van der Waals surface area contributed by atoms with Crippen LogP contribution in [0.3, 0.4) is 0 Å². The highest BCUT2D eigenvalue weighted by atomic mass is 32.2. The average molecular weight is 290 g/mol. The molecule has 1 heterocycles. The Morgan fingerprint density at radius 1 is 1.47 bits per heavy atom. The number of sulfonamides is 1. The largest absolute Gasteiger partial charge is 0.383 e. The minimum atomic E-state index is -3.77. The Balaban J connectivity index is 2.93. The van der Waals surface area contributed by atoms with Crippen LogP contribution in [0.25, 0.3) is 0 Å². The van der Waals surface area contributed by atoms with E-state index in [0.717, 1.165) is 4.31 Å². The number of hydrogen-bond donors (Lipinski definition) is 1. The molecule has 0 unspecified atom stereocenters. The highest BCUT2D eigenvalue weighted by molar-refractivity contribution is 7.89. The van der Waals surface area contributed by atoms with Gasteiger partial charge >= 0.3 is 0 Å². The number of nitrogens with one attached hydrogen (secondary N) is 1. The zero-order valence-electron chi connectivity index (χ0n) is 11.2. The Labute approximate surface area is 112 Å². The van der Waals surface area contributed by atoms with Crippen molar-refractivity contribution in [3.8, 4) is 0 Å². The molecule has 8 nitrogen and oxygen atoms in total. The maximum Gasteiger partial charge on any atom is 0.260 e. The Morgan fingerprint density at radius 2 is 2.16 bits per heavy atom. The van der Waals surface area contributed by atoms with Crippen molar-refractivity contribution in [2.24, 2.45) is 0 Å². The van der Waals surface area contributed by atoms with E-state index in [2.05, 4.69) is 9.97 Å². The number of rotatable bonds is 7. The monoisotopic (exact) mass is 290 g/mol. The summed E-state index contributed by atoms with van der Waals surface area (Å²) in [5, 5.41) is -0.0461. The summed E-state index contributed by atoms with van der Waals surface area (Å²) >= 11 is 0. The summed E-state index contributed by atoms with van der Waals surface area (Å²) in [6, 6.07) is 0. The summed E-state index contributed by atoms with van der Waals surface area (Å²) < 4.78 is 30.5. The third-order valence-corrected chi connectivity index (χ3v) is 4.22. The van der Waals surface area contributed by atoms with Gasteiger partial charge < -0.3 is 14.6 Å². The zero-order chi connectivity index (χ0) is 14.5. The summed E-state index contributed by atoms with van der Waals surface area (Å²) in [6.45, 7) is 0.0588. The maximum absolute atomic E-state index is 12.3. The smallest absolute Gasteiger partial charge is 0.260 e. The molecule has 9 heteroatoms. The van der Waals surface area contributed by atoms with Gasteiger partial charge in [0.2, 0.25) is 5.91 Å². The summed E-state index contributed by atoms with van der Waals surface area (Å²) in [5.74, 6) is -0.306. The van der Waals surface area contributed by atoms with Crippen molar-refractivity contribution in [1.82, 2.24) is 19.2 Å². The molecule has 0 saturated heterocycles. The van der Waals surface area contributed by atoms with E-state index in [1.165, 1.54) is 24.5 Å². The fourth-order valence-corrected chi connectivity index (χ4v) is 2.56. The van der Waals surface area contributed by atoms with Gasteiger partial charge in [0.05, 0.1) is 25.7 Å². The quantitative estimate of drug-likeness (QED) is 0.704. The normalized spacial score (nSPS) is 11.8. The third kappa shape index (κ3) is 4.01. The van der Waals surface area contributed by atoms with Crippen molar-refractivity contribution in [2.45, 2.75) is 5.03 Å². The Kier molecular flexibility index (Phi) is 5.45. The van der Waals surface area contributed by atoms with Crippen LogP contribution in [0.4, 0.5) is 0 Å². The van der Waals surface area contributed by atoms with Crippen molar-refractivity contribution >= 4 is 15.9 Å². The topological polar surface area (TPSA) is 95.6 Å². The van der Waals surface area contributed by atoms with E-state index in [1.54, 1.807) is 14.1 Å². The van der Waals surface area contributed by atoms with Gasteiger partial charge in [0.25, 0.3) is 10.0 Å². The van der Waals surface area contributed by atoms with Crippen LogP contribution in [-0.2, 0) is 19.6 Å². The van der Waals surface area contributed by atoms with Crippen molar-refractivity contribution in [3.05, 3.63) is 12.5 Å². The molecule has 1 rings (SSSR count). The fraction of sp³-hybridized carbons (Fsp3) is 0.600. The molecule has 1 aromatic rings. The lowest BCUT2D eigenvalue weighted by Crippen LogP contribution is -2.41. The number of hydrogen-bond acceptors (Lipinski definition) is 5. The lowest BCUT2D eigenvalue weighted by atomic mass is 10.5. The Bertz CT molecular complexity index is 498. The van der Waals surface area contributed by atoms with Gasteiger partial charge in [-0.3, -0.25) is 4.79 Å². The average Bonchev–Trinajstić information content (AvgIpc) is 2.88. The number of imidazole rings is 1. The molecule has 0 aliphatic rings. The van der Waals surface area contributed by atoms with E-state index in [-0.39, 0.29) is 30.6 Å². The van der Waals surface area contributed by atoms with E-state index in [9.17, 15) is 13.2 Å². The van der Waals surface area contributed by atoms with Crippen LogP contribution in [0.2, 0.25) is 0 Å². The molecular formula is C10H18N4O4S. The Hall–Kier alpha value is -1.45. The second kappa shape index (κ2) is 6.64. The third-order valence-electron chi connectivity index (χ3n) is 2.45. The standard InChI is InChI=1S/C10H18N4O4S/c1-13(2)10(15)7-14(4-5-18-3)19(16,17)9-6-11-8-12-9/h6,8H,4-5,7H2,1-3H3,(H,11,12). The number of likely N-dealkylation sites (N-methyl/N-ethyl adjacent to an activating group) is 1. The molecule has 0 saturated carbocycles. The number of carbonyl (C=O) groups is 1. The van der Waals surface area contributed by atoms with E-state index in [4.69, 9.17) is 4.74 Å². The molecule has 0 atom stereocenters. The fourth-order valence-electron chi connectivity index (χ4n) is 1.29. The molecule has 19 heavy (non-hydrogen) atoms. The van der Waals surface area contributed by atoms with Crippen molar-refractivity contribution in [2.75, 3.05) is 40.9 Å². The molecule has 0 fully saturated rings. The van der Waals surface area contributed by atoms with Crippen molar-refractivity contribution < 1.29 is 17.9 Å². The number of amides is 1. The molecule has 0 spiro atoms. The van der Waals surface area contributed by atoms with Crippen LogP contribution in [0.5, 0.6) is 0 Å². The van der Waals surface area contributed by atoms with Crippen LogP contribution in [0, 0.1) is 0 Å². The molecule has 0 aliphatic heterocycles. The van der Waals surface area contributed by atoms with Gasteiger partial charge in [-0.05, 0) is 0 Å². The summed E-state index contributed by atoms with van der Waals surface area (Å²) in [5.41, 5.74) is 0. The highest BCUT2D eigenvalue weighted by Crippen LogP contribution is 2.11. The van der Waals surface area contributed by atoms with E-state index in [0.29, 0.717) is 0 Å². The van der Waals surface area contributed by atoms with E-state index in [1.807, 2.05) is 0 Å². The predicted octanol–water partition coefficient (Wildman–Crippen LogP) is -0.865. The minimum absolute atomic E-state index is 0.0461. The maximum atomic E-state index is 12.3. The van der Waals surface area contributed by atoms with E-state index >= 15 is 0 Å². The molecule has 0 bridgehead atoms. The number of aromatic amines is 1. The number of carbonyl (C=O) groups excluding carboxylic acids is 1. The minimum Gasteiger partial charge on any atom is -0.383 e. The summed E-state index contributed by atoms with van der Waals surface area (Å²) in [4.78, 5) is 19.2. The summed E-state index contributed by atoms with van der Waals surface area (Å²) in [6.07, 6.45) is 2.48. The van der Waals surface area contributed by atoms with Crippen LogP contribution in [-0.4, -0.2) is 74.4 Å².